The van der Waals surface area contributed by atoms with Crippen LogP contribution < -0.4 is 9.96 Å². The summed E-state index contributed by atoms with van der Waals surface area (Å²) in [5, 5.41) is 15.0. The molecule has 0 spiro atoms. The zero-order valence-corrected chi connectivity index (χ0v) is 17.3. The molecule has 2 fully saturated rings. The summed E-state index contributed by atoms with van der Waals surface area (Å²) in [6, 6.07) is 15.6. The van der Waals surface area contributed by atoms with Crippen molar-refractivity contribution in [2.45, 2.75) is 12.1 Å². The van der Waals surface area contributed by atoms with E-state index < -0.39 is 34.8 Å². The molecule has 0 bridgehead atoms. The zero-order chi connectivity index (χ0) is 21.7. The van der Waals surface area contributed by atoms with Crippen molar-refractivity contribution in [3.63, 3.8) is 0 Å². The van der Waals surface area contributed by atoms with Gasteiger partial charge in [-0.05, 0) is 47.8 Å². The Kier molecular flexibility index (Phi) is 4.73. The number of non-ortho nitro benzene ring substituents is 1. The molecular formula is C21H14ClN3O5S. The van der Waals surface area contributed by atoms with Crippen LogP contribution in [0.2, 0.25) is 5.02 Å². The topological polar surface area (TPSA) is 93.0 Å². The van der Waals surface area contributed by atoms with Crippen molar-refractivity contribution in [1.82, 2.24) is 0 Å². The molecule has 3 unspecified atom stereocenters. The monoisotopic (exact) mass is 455 g/mol. The van der Waals surface area contributed by atoms with Crippen LogP contribution in [0.15, 0.2) is 66.0 Å². The van der Waals surface area contributed by atoms with E-state index in [1.54, 1.807) is 29.3 Å². The summed E-state index contributed by atoms with van der Waals surface area (Å²) in [6.07, 6.45) is -0.995. The van der Waals surface area contributed by atoms with Crippen LogP contribution in [-0.2, 0) is 14.4 Å². The Labute approximate surface area is 185 Å². The summed E-state index contributed by atoms with van der Waals surface area (Å²) in [7, 11) is 0. The lowest BCUT2D eigenvalue weighted by Gasteiger charge is -2.27. The first kappa shape index (κ1) is 19.7. The molecule has 156 valence electrons. The number of thiophene rings is 1. The molecule has 2 amide bonds. The van der Waals surface area contributed by atoms with E-state index in [-0.39, 0.29) is 11.4 Å². The predicted molar refractivity (Wildman–Crippen MR) is 115 cm³/mol. The van der Waals surface area contributed by atoms with Crippen LogP contribution in [0.5, 0.6) is 0 Å². The normalized spacial score (nSPS) is 22.8. The summed E-state index contributed by atoms with van der Waals surface area (Å²) >= 11 is 7.47. The fourth-order valence-corrected chi connectivity index (χ4v) is 4.93. The molecule has 2 saturated heterocycles. The third-order valence-electron chi connectivity index (χ3n) is 5.35. The van der Waals surface area contributed by atoms with Gasteiger partial charge in [0.1, 0.15) is 12.0 Å². The minimum atomic E-state index is -0.995. The molecule has 2 aromatic carbocycles. The van der Waals surface area contributed by atoms with Gasteiger partial charge in [-0.15, -0.1) is 11.3 Å². The highest BCUT2D eigenvalue weighted by Gasteiger charge is 2.60. The van der Waals surface area contributed by atoms with Crippen molar-refractivity contribution in [3.05, 3.63) is 86.1 Å². The van der Waals surface area contributed by atoms with Crippen LogP contribution in [0.4, 0.5) is 17.1 Å². The summed E-state index contributed by atoms with van der Waals surface area (Å²) in [5.74, 6) is -1.65. The van der Waals surface area contributed by atoms with Gasteiger partial charge in [-0.25, -0.2) is 9.96 Å². The second-order valence-corrected chi connectivity index (χ2v) is 8.52. The molecule has 2 aliphatic heterocycles. The number of nitrogens with zero attached hydrogens (tertiary/aromatic N) is 3. The molecule has 0 saturated carbocycles. The Morgan fingerprint density at radius 2 is 1.65 bits per heavy atom. The average molecular weight is 456 g/mol. The smallest absolute Gasteiger partial charge is 0.269 e. The summed E-state index contributed by atoms with van der Waals surface area (Å²) in [6.45, 7) is 0. The van der Waals surface area contributed by atoms with Gasteiger partial charge in [0.15, 0.2) is 6.10 Å². The molecule has 10 heteroatoms. The highest BCUT2D eigenvalue weighted by atomic mass is 35.5. The van der Waals surface area contributed by atoms with Crippen molar-refractivity contribution >= 4 is 51.8 Å². The van der Waals surface area contributed by atoms with Crippen molar-refractivity contribution in [3.8, 4) is 0 Å². The van der Waals surface area contributed by atoms with E-state index in [4.69, 9.17) is 16.4 Å². The number of fused-ring (bicyclic) bond motifs is 1. The summed E-state index contributed by atoms with van der Waals surface area (Å²) in [5.41, 5.74) is 0.839. The third kappa shape index (κ3) is 3.18. The highest BCUT2D eigenvalue weighted by Crippen LogP contribution is 2.48. The highest BCUT2D eigenvalue weighted by molar-refractivity contribution is 7.10. The second kappa shape index (κ2) is 7.45. The van der Waals surface area contributed by atoms with Gasteiger partial charge in [0.05, 0.1) is 16.3 Å². The standard InChI is InChI=1S/C21H14ClN3O5S/c22-12-3-5-14(6-4-12)24-18(16-2-1-11-31-16)17-19(30-24)21(27)23(20(17)26)13-7-9-15(10-8-13)25(28)29/h1-11,17-19H. The number of halogens is 1. The van der Waals surface area contributed by atoms with Crippen LogP contribution in [0.1, 0.15) is 10.9 Å². The number of amides is 2. The number of anilines is 2. The van der Waals surface area contributed by atoms with Crippen LogP contribution in [0.25, 0.3) is 0 Å². The van der Waals surface area contributed by atoms with Gasteiger partial charge in [0.25, 0.3) is 11.6 Å². The van der Waals surface area contributed by atoms with E-state index in [1.165, 1.54) is 35.6 Å². The fourth-order valence-electron chi connectivity index (χ4n) is 3.95. The van der Waals surface area contributed by atoms with Gasteiger partial charge in [-0.1, -0.05) is 17.7 Å². The molecule has 0 radical (unpaired) electrons. The number of carbonyl (C=O) groups is 2. The van der Waals surface area contributed by atoms with E-state index in [0.29, 0.717) is 10.7 Å². The van der Waals surface area contributed by atoms with E-state index in [0.717, 1.165) is 9.78 Å². The molecule has 2 aliphatic rings. The van der Waals surface area contributed by atoms with Gasteiger partial charge < -0.3 is 0 Å². The first-order valence-corrected chi connectivity index (χ1v) is 10.6. The van der Waals surface area contributed by atoms with Gasteiger partial charge in [0, 0.05) is 22.0 Å². The summed E-state index contributed by atoms with van der Waals surface area (Å²) < 4.78 is 0. The minimum absolute atomic E-state index is 0.121. The van der Waals surface area contributed by atoms with Gasteiger partial charge in [-0.2, -0.15) is 0 Å². The fraction of sp³-hybridized carbons (Fsp3) is 0.143. The summed E-state index contributed by atoms with van der Waals surface area (Å²) in [4.78, 5) is 44.9. The van der Waals surface area contributed by atoms with Crippen LogP contribution >= 0.6 is 22.9 Å². The number of nitro groups is 1. The van der Waals surface area contributed by atoms with E-state index in [1.807, 2.05) is 17.5 Å². The Balaban J connectivity index is 1.52. The molecule has 3 aromatic rings. The Hall–Kier alpha value is -3.27. The largest absolute Gasteiger partial charge is 0.273 e. The number of carbonyl (C=O) groups excluding carboxylic acids is 2. The predicted octanol–water partition coefficient (Wildman–Crippen LogP) is 4.36. The number of rotatable bonds is 4. The minimum Gasteiger partial charge on any atom is -0.273 e. The Bertz CT molecular complexity index is 1170. The molecule has 1 aromatic heterocycles. The number of hydrogen-bond donors (Lipinski definition) is 0. The lowest BCUT2D eigenvalue weighted by Crippen LogP contribution is -2.37. The molecule has 0 aliphatic carbocycles. The first-order chi connectivity index (χ1) is 15.0. The van der Waals surface area contributed by atoms with E-state index >= 15 is 0 Å². The third-order valence-corrected chi connectivity index (χ3v) is 6.54. The quantitative estimate of drug-likeness (QED) is 0.329. The van der Waals surface area contributed by atoms with E-state index in [2.05, 4.69) is 0 Å². The Morgan fingerprint density at radius 3 is 2.26 bits per heavy atom. The van der Waals surface area contributed by atoms with Crippen LogP contribution in [0.3, 0.4) is 0 Å². The van der Waals surface area contributed by atoms with Crippen LogP contribution in [0, 0.1) is 16.0 Å². The lowest BCUT2D eigenvalue weighted by molar-refractivity contribution is -0.384. The molecule has 5 rings (SSSR count). The van der Waals surface area contributed by atoms with Gasteiger partial charge in [0.2, 0.25) is 5.91 Å². The molecule has 3 heterocycles. The zero-order valence-electron chi connectivity index (χ0n) is 15.8. The number of imide groups is 1. The first-order valence-electron chi connectivity index (χ1n) is 9.33. The second-order valence-electron chi connectivity index (χ2n) is 7.10. The maximum absolute atomic E-state index is 13.4. The molecular weight excluding hydrogens is 442 g/mol. The SMILES string of the molecule is O=C1C2ON(c3ccc(Cl)cc3)C(c3cccs3)C2C(=O)N1c1ccc([N+](=O)[O-])cc1. The van der Waals surface area contributed by atoms with Gasteiger partial charge >= 0.3 is 0 Å². The molecule has 31 heavy (non-hydrogen) atoms. The lowest BCUT2D eigenvalue weighted by atomic mass is 9.95. The van der Waals surface area contributed by atoms with Crippen molar-refractivity contribution in [2.75, 3.05) is 9.96 Å². The number of benzene rings is 2. The van der Waals surface area contributed by atoms with Crippen LogP contribution in [-0.4, -0.2) is 22.8 Å². The van der Waals surface area contributed by atoms with Crippen molar-refractivity contribution in [1.29, 1.82) is 0 Å². The number of hydroxylamine groups is 1. The molecule has 0 N–H and O–H groups in total. The number of hydrogen-bond acceptors (Lipinski definition) is 7. The van der Waals surface area contributed by atoms with Gasteiger partial charge in [-0.3, -0.25) is 24.5 Å². The van der Waals surface area contributed by atoms with Crippen molar-refractivity contribution < 1.29 is 19.3 Å². The molecule has 8 nitrogen and oxygen atoms in total. The van der Waals surface area contributed by atoms with Crippen molar-refractivity contribution in [2.24, 2.45) is 5.92 Å². The maximum Gasteiger partial charge on any atom is 0.269 e. The Morgan fingerprint density at radius 1 is 0.968 bits per heavy atom. The average Bonchev–Trinajstić information content (AvgIpc) is 3.46. The van der Waals surface area contributed by atoms with E-state index in [9.17, 15) is 19.7 Å². The maximum atomic E-state index is 13.4. The molecule has 3 atom stereocenters. The number of nitro benzene ring substituents is 1.